The van der Waals surface area contributed by atoms with Crippen molar-refractivity contribution in [2.24, 2.45) is 9.98 Å². The first-order chi connectivity index (χ1) is 18.9. The van der Waals surface area contributed by atoms with E-state index in [9.17, 15) is 10.2 Å². The fourth-order valence-electron chi connectivity index (χ4n) is 3.35. The van der Waals surface area contributed by atoms with Gasteiger partial charge in [0.1, 0.15) is 11.5 Å². The SMILES string of the molecule is CC(=O)[O-].CC(=O)[O-].CCC(C)c1ccc(O)c(C=Nc2ccc(N=Cc3cc(C(C)CC)ccc3O)cc2)c1.[Co+2]. The number of phenolic OH excluding ortho intramolecular Hbond substituents is 2. The van der Waals surface area contributed by atoms with Gasteiger partial charge in [0.15, 0.2) is 0 Å². The Kier molecular flexibility index (Phi) is 17.3. The normalized spacial score (nSPS) is 11.9. The molecule has 3 aromatic rings. The number of carbonyl (C=O) groups excluding carboxylic acids is 2. The maximum absolute atomic E-state index is 10.2. The predicted octanol–water partition coefficient (Wildman–Crippen LogP) is 5.14. The summed E-state index contributed by atoms with van der Waals surface area (Å²) in [5.74, 6) is -0.849. The van der Waals surface area contributed by atoms with Gasteiger partial charge in [0.05, 0.1) is 11.4 Å². The Morgan fingerprint density at radius 2 is 1.00 bits per heavy atom. The third-order valence-electron chi connectivity index (χ3n) is 6.02. The second-order valence-corrected chi connectivity index (χ2v) is 9.27. The first-order valence-electron chi connectivity index (χ1n) is 13.1. The van der Waals surface area contributed by atoms with Crippen molar-refractivity contribution in [1.29, 1.82) is 0 Å². The molecule has 0 amide bonds. The van der Waals surface area contributed by atoms with E-state index in [-0.39, 0.29) is 28.3 Å². The number of hydrogen-bond donors (Lipinski definition) is 2. The molecule has 3 aromatic carbocycles. The van der Waals surface area contributed by atoms with Crippen LogP contribution >= 0.6 is 0 Å². The van der Waals surface area contributed by atoms with Gasteiger partial charge in [-0.3, -0.25) is 9.98 Å². The zero-order valence-electron chi connectivity index (χ0n) is 24.3. The summed E-state index contributed by atoms with van der Waals surface area (Å²) in [7, 11) is 0. The molecule has 0 spiro atoms. The minimum absolute atomic E-state index is 0. The van der Waals surface area contributed by atoms with Crippen molar-refractivity contribution in [2.75, 3.05) is 0 Å². The summed E-state index contributed by atoms with van der Waals surface area (Å²) < 4.78 is 0. The number of carboxylic acid groups (broad SMARTS) is 2. The molecule has 221 valence electrons. The van der Waals surface area contributed by atoms with E-state index in [2.05, 4.69) is 37.7 Å². The van der Waals surface area contributed by atoms with Crippen LogP contribution in [0.1, 0.15) is 88.5 Å². The van der Waals surface area contributed by atoms with Gasteiger partial charge in [-0.2, -0.15) is 0 Å². The number of carbonyl (C=O) groups is 2. The number of carboxylic acids is 2. The molecule has 0 aliphatic rings. The van der Waals surface area contributed by atoms with Crippen LogP contribution in [0.5, 0.6) is 11.5 Å². The molecule has 2 atom stereocenters. The van der Waals surface area contributed by atoms with Gasteiger partial charge >= 0.3 is 16.8 Å². The average Bonchev–Trinajstić information content (AvgIpc) is 2.91. The van der Waals surface area contributed by atoms with Crippen molar-refractivity contribution in [3.05, 3.63) is 82.9 Å². The summed E-state index contributed by atoms with van der Waals surface area (Å²) >= 11 is 0. The van der Waals surface area contributed by atoms with Gasteiger partial charge in [-0.1, -0.05) is 39.8 Å². The molecule has 0 aromatic heterocycles. The van der Waals surface area contributed by atoms with Gasteiger partial charge in [-0.25, -0.2) is 0 Å². The Morgan fingerprint density at radius 3 is 1.27 bits per heavy atom. The smallest absolute Gasteiger partial charge is 0.550 e. The van der Waals surface area contributed by atoms with Crippen LogP contribution in [-0.2, 0) is 26.4 Å². The van der Waals surface area contributed by atoms with Gasteiger partial charge in [0.25, 0.3) is 0 Å². The second-order valence-electron chi connectivity index (χ2n) is 9.27. The molecule has 0 bridgehead atoms. The molecule has 0 saturated heterocycles. The minimum atomic E-state index is -1.08. The average molecular weight is 606 g/mol. The van der Waals surface area contributed by atoms with Crippen LogP contribution in [0.2, 0.25) is 0 Å². The zero-order valence-corrected chi connectivity index (χ0v) is 25.3. The van der Waals surface area contributed by atoms with E-state index >= 15 is 0 Å². The van der Waals surface area contributed by atoms with E-state index in [0.29, 0.717) is 23.0 Å². The summed E-state index contributed by atoms with van der Waals surface area (Å²) in [5, 5.41) is 38.1. The van der Waals surface area contributed by atoms with E-state index in [1.165, 1.54) is 11.1 Å². The van der Waals surface area contributed by atoms with Crippen molar-refractivity contribution in [3.8, 4) is 11.5 Å². The van der Waals surface area contributed by atoms with E-state index in [1.807, 2.05) is 48.5 Å². The maximum Gasteiger partial charge on any atom is 2.00 e. The van der Waals surface area contributed by atoms with Crippen LogP contribution in [0.15, 0.2) is 70.6 Å². The monoisotopic (exact) mass is 605 g/mol. The molecule has 0 saturated carbocycles. The van der Waals surface area contributed by atoms with Crippen LogP contribution in [0.25, 0.3) is 0 Å². The largest absolute Gasteiger partial charge is 2.00 e. The van der Waals surface area contributed by atoms with E-state index in [1.54, 1.807) is 24.6 Å². The van der Waals surface area contributed by atoms with Gasteiger partial charge in [0, 0.05) is 35.5 Å². The number of nitrogens with zero attached hydrogens (tertiary/aromatic N) is 2. The Labute approximate surface area is 252 Å². The minimum Gasteiger partial charge on any atom is -0.550 e. The summed E-state index contributed by atoms with van der Waals surface area (Å²) in [4.78, 5) is 26.8. The molecule has 0 aliphatic carbocycles. The topological polar surface area (TPSA) is 145 Å². The summed E-state index contributed by atoms with van der Waals surface area (Å²) in [6.45, 7) is 10.6. The molecule has 0 fully saturated rings. The van der Waals surface area contributed by atoms with E-state index in [4.69, 9.17) is 19.8 Å². The molecule has 3 rings (SSSR count). The Balaban J connectivity index is 0.00000158. The quantitative estimate of drug-likeness (QED) is 0.340. The molecule has 2 unspecified atom stereocenters. The summed E-state index contributed by atoms with van der Waals surface area (Å²) in [5.41, 5.74) is 5.36. The van der Waals surface area contributed by atoms with Crippen LogP contribution < -0.4 is 10.2 Å². The van der Waals surface area contributed by atoms with Crippen molar-refractivity contribution in [2.45, 2.75) is 66.2 Å². The van der Waals surface area contributed by atoms with Crippen LogP contribution in [0, 0.1) is 0 Å². The number of benzene rings is 3. The first-order valence-corrected chi connectivity index (χ1v) is 13.1. The molecular formula is C32H38CoN2O6. The van der Waals surface area contributed by atoms with Gasteiger partial charge in [-0.15, -0.1) is 0 Å². The van der Waals surface area contributed by atoms with Crippen molar-refractivity contribution < 1.29 is 46.8 Å². The van der Waals surface area contributed by atoms with E-state index < -0.39 is 11.9 Å². The van der Waals surface area contributed by atoms with Crippen molar-refractivity contribution >= 4 is 35.7 Å². The molecule has 0 aliphatic heterocycles. The van der Waals surface area contributed by atoms with Crippen LogP contribution in [0.3, 0.4) is 0 Å². The molecule has 2 N–H and O–H groups in total. The second kappa shape index (κ2) is 19.2. The number of aliphatic imine (C=N–C) groups is 2. The van der Waals surface area contributed by atoms with Crippen molar-refractivity contribution in [1.82, 2.24) is 0 Å². The summed E-state index contributed by atoms with van der Waals surface area (Å²) in [6, 6.07) is 18.9. The Hall–Kier alpha value is -3.95. The molecular weight excluding hydrogens is 567 g/mol. The predicted molar refractivity (Wildman–Crippen MR) is 156 cm³/mol. The fourth-order valence-corrected chi connectivity index (χ4v) is 3.35. The molecule has 9 heteroatoms. The molecule has 1 radical (unpaired) electrons. The molecule has 0 heterocycles. The third kappa shape index (κ3) is 14.3. The number of phenols is 2. The summed E-state index contributed by atoms with van der Waals surface area (Å²) in [6.07, 6.45) is 5.47. The Bertz CT molecular complexity index is 1200. The van der Waals surface area contributed by atoms with Gasteiger partial charge in [0.2, 0.25) is 0 Å². The standard InChI is InChI=1S/C28H32N2O2.2C2H4O2.Co/c1-5-19(3)21-7-13-27(31)23(15-21)17-29-25-9-11-26(12-10-25)30-18-24-16-22(20(4)6-2)8-14-28(24)32;2*1-2(3)4;/h7-20,31-32H,5-6H2,1-4H3;2*1H3,(H,3,4);/q;;;+2/p-2. The number of rotatable bonds is 8. The first kappa shape index (κ1) is 37.0. The fraction of sp³-hybridized carbons (Fsp3) is 0.312. The van der Waals surface area contributed by atoms with Crippen LogP contribution in [0.4, 0.5) is 11.4 Å². The van der Waals surface area contributed by atoms with Gasteiger partial charge < -0.3 is 30.0 Å². The zero-order chi connectivity index (χ0) is 30.2. The van der Waals surface area contributed by atoms with Crippen LogP contribution in [-0.4, -0.2) is 34.6 Å². The Morgan fingerprint density at radius 1 is 0.707 bits per heavy atom. The van der Waals surface area contributed by atoms with Gasteiger partial charge in [-0.05, 0) is 98.2 Å². The third-order valence-corrected chi connectivity index (χ3v) is 6.02. The maximum atomic E-state index is 10.2. The van der Waals surface area contributed by atoms with E-state index in [0.717, 1.165) is 38.1 Å². The molecule has 8 nitrogen and oxygen atoms in total. The van der Waals surface area contributed by atoms with Crippen molar-refractivity contribution in [3.63, 3.8) is 0 Å². The molecule has 41 heavy (non-hydrogen) atoms. The number of aromatic hydroxyl groups is 2. The number of hydrogen-bond acceptors (Lipinski definition) is 8. The number of aliphatic carboxylic acids is 2.